The number of fused-ring (bicyclic) bond motifs is 1. The number of amides is 1. The Labute approximate surface area is 177 Å². The van der Waals surface area contributed by atoms with E-state index in [1.54, 1.807) is 18.7 Å². The number of aromatic hydroxyl groups is 1. The first-order valence-electron chi connectivity index (χ1n) is 9.44. The van der Waals surface area contributed by atoms with Crippen LogP contribution >= 0.6 is 22.9 Å². The second-order valence-corrected chi connectivity index (χ2v) is 8.27. The summed E-state index contributed by atoms with van der Waals surface area (Å²) in [4.78, 5) is 21.8. The van der Waals surface area contributed by atoms with Gasteiger partial charge in [0.25, 0.3) is 0 Å². The molecule has 0 aliphatic carbocycles. The van der Waals surface area contributed by atoms with Gasteiger partial charge in [-0.3, -0.25) is 4.90 Å². The number of carbonyl (C=O) groups excluding carboxylic acids is 1. The molecule has 0 saturated carbocycles. The van der Waals surface area contributed by atoms with Crippen LogP contribution in [0.5, 0.6) is 5.88 Å². The Morgan fingerprint density at radius 2 is 2.10 bits per heavy atom. The molecule has 0 radical (unpaired) electrons. The van der Waals surface area contributed by atoms with Crippen molar-refractivity contribution in [2.24, 2.45) is 0 Å². The number of nitrogens with zero attached hydrogens (tertiary/aromatic N) is 5. The highest BCUT2D eigenvalue weighted by atomic mass is 35.5. The van der Waals surface area contributed by atoms with E-state index in [9.17, 15) is 9.90 Å². The van der Waals surface area contributed by atoms with Crippen LogP contribution in [0.1, 0.15) is 29.2 Å². The van der Waals surface area contributed by atoms with Gasteiger partial charge in [-0.2, -0.15) is 4.52 Å². The summed E-state index contributed by atoms with van der Waals surface area (Å²) < 4.78 is 6.59. The van der Waals surface area contributed by atoms with Crippen molar-refractivity contribution >= 4 is 34.0 Å². The summed E-state index contributed by atoms with van der Waals surface area (Å²) in [5, 5.41) is 15.8. The molecule has 1 amide bonds. The second kappa shape index (κ2) is 8.17. The van der Waals surface area contributed by atoms with E-state index in [0.717, 1.165) is 10.4 Å². The fourth-order valence-corrected chi connectivity index (χ4v) is 4.97. The van der Waals surface area contributed by atoms with Crippen LogP contribution in [0.15, 0.2) is 24.3 Å². The van der Waals surface area contributed by atoms with Crippen molar-refractivity contribution in [2.45, 2.75) is 19.9 Å². The number of piperazine rings is 1. The number of rotatable bonds is 4. The average molecular weight is 436 g/mol. The summed E-state index contributed by atoms with van der Waals surface area (Å²) in [5.74, 6) is 0.698. The standard InChI is InChI=1S/C19H22ClN5O3S/c1-3-28-19(27)24-9-7-23(8-10-24)15(13-5-4-6-14(20)11-13)16-17(26)25-18(29-16)21-12(2)22-25/h4-6,11,15,26H,3,7-10H2,1-2H3/t15-/m1/s1. The molecule has 0 unspecified atom stereocenters. The van der Waals surface area contributed by atoms with Crippen LogP contribution in [0.2, 0.25) is 5.02 Å². The van der Waals surface area contributed by atoms with E-state index in [4.69, 9.17) is 16.3 Å². The van der Waals surface area contributed by atoms with E-state index in [-0.39, 0.29) is 18.0 Å². The maximum Gasteiger partial charge on any atom is 0.409 e. The van der Waals surface area contributed by atoms with E-state index >= 15 is 0 Å². The van der Waals surface area contributed by atoms with Gasteiger partial charge in [0, 0.05) is 31.2 Å². The quantitative estimate of drug-likeness (QED) is 0.676. The lowest BCUT2D eigenvalue weighted by atomic mass is 10.0. The molecule has 1 fully saturated rings. The molecule has 0 spiro atoms. The van der Waals surface area contributed by atoms with Gasteiger partial charge < -0.3 is 14.7 Å². The number of benzene rings is 1. The molecule has 0 bridgehead atoms. The van der Waals surface area contributed by atoms with Gasteiger partial charge in [-0.25, -0.2) is 9.78 Å². The summed E-state index contributed by atoms with van der Waals surface area (Å²) in [7, 11) is 0. The Kier molecular flexibility index (Phi) is 5.62. The Morgan fingerprint density at radius 1 is 1.34 bits per heavy atom. The topological polar surface area (TPSA) is 83.2 Å². The normalized spacial score (nSPS) is 16.3. The molecule has 3 heterocycles. The third-order valence-electron chi connectivity index (χ3n) is 4.92. The van der Waals surface area contributed by atoms with Crippen LogP contribution < -0.4 is 0 Å². The SMILES string of the molecule is CCOC(=O)N1CCN([C@H](c2cccc(Cl)c2)c2sc3nc(C)nn3c2O)CC1. The molecule has 8 nitrogen and oxygen atoms in total. The molecule has 29 heavy (non-hydrogen) atoms. The number of carbonyl (C=O) groups is 1. The first kappa shape index (κ1) is 19.9. The van der Waals surface area contributed by atoms with Gasteiger partial charge in [0.2, 0.25) is 10.8 Å². The second-order valence-electron chi connectivity index (χ2n) is 6.82. The van der Waals surface area contributed by atoms with Crippen LogP contribution in [0.3, 0.4) is 0 Å². The van der Waals surface area contributed by atoms with Gasteiger partial charge in [0.05, 0.1) is 17.5 Å². The van der Waals surface area contributed by atoms with Gasteiger partial charge in [0.15, 0.2) is 0 Å². The molecule has 1 N–H and O–H groups in total. The molecular weight excluding hydrogens is 414 g/mol. The molecule has 2 aromatic heterocycles. The molecule has 3 aromatic rings. The fourth-order valence-electron chi connectivity index (χ4n) is 3.61. The smallest absolute Gasteiger partial charge is 0.409 e. The fraction of sp³-hybridized carbons (Fsp3) is 0.421. The minimum atomic E-state index is -0.288. The van der Waals surface area contributed by atoms with Crippen molar-refractivity contribution in [3.63, 3.8) is 0 Å². The number of hydrogen-bond acceptors (Lipinski definition) is 7. The molecule has 1 aliphatic heterocycles. The zero-order chi connectivity index (χ0) is 20.5. The molecule has 1 atom stereocenters. The molecular formula is C19H22ClN5O3S. The zero-order valence-electron chi connectivity index (χ0n) is 16.2. The van der Waals surface area contributed by atoms with Crippen molar-refractivity contribution in [3.8, 4) is 5.88 Å². The first-order valence-corrected chi connectivity index (χ1v) is 10.6. The highest BCUT2D eigenvalue weighted by molar-refractivity contribution is 7.17. The Hall–Kier alpha value is -2.36. The molecule has 1 aromatic carbocycles. The summed E-state index contributed by atoms with van der Waals surface area (Å²) in [6.07, 6.45) is -0.288. The summed E-state index contributed by atoms with van der Waals surface area (Å²) in [6.45, 7) is 6.34. The molecule has 154 valence electrons. The van der Waals surface area contributed by atoms with E-state index < -0.39 is 0 Å². The summed E-state index contributed by atoms with van der Waals surface area (Å²) in [6, 6.07) is 7.41. The highest BCUT2D eigenvalue weighted by Crippen LogP contribution is 2.40. The lowest BCUT2D eigenvalue weighted by molar-refractivity contribution is 0.0715. The number of ether oxygens (including phenoxy) is 1. The summed E-state index contributed by atoms with van der Waals surface area (Å²) in [5.41, 5.74) is 0.971. The van der Waals surface area contributed by atoms with E-state index in [0.29, 0.717) is 48.6 Å². The van der Waals surface area contributed by atoms with Gasteiger partial charge in [-0.05, 0) is 31.5 Å². The largest absolute Gasteiger partial charge is 0.492 e. The average Bonchev–Trinajstić information content (AvgIpc) is 3.20. The number of hydrogen-bond donors (Lipinski definition) is 1. The van der Waals surface area contributed by atoms with Crippen molar-refractivity contribution < 1.29 is 14.6 Å². The van der Waals surface area contributed by atoms with Crippen molar-refractivity contribution in [1.82, 2.24) is 24.4 Å². The van der Waals surface area contributed by atoms with Crippen molar-refractivity contribution in [3.05, 3.63) is 45.6 Å². The third-order valence-corrected chi connectivity index (χ3v) is 6.23. The minimum absolute atomic E-state index is 0.0865. The monoisotopic (exact) mass is 435 g/mol. The van der Waals surface area contributed by atoms with Gasteiger partial charge in [-0.15, -0.1) is 5.10 Å². The highest BCUT2D eigenvalue weighted by Gasteiger charge is 2.33. The van der Waals surface area contributed by atoms with Crippen LogP contribution in [-0.4, -0.2) is 68.4 Å². The molecule has 1 aliphatic rings. The van der Waals surface area contributed by atoms with E-state index in [1.165, 1.54) is 15.9 Å². The van der Waals surface area contributed by atoms with Crippen LogP contribution in [0, 0.1) is 6.92 Å². The lowest BCUT2D eigenvalue weighted by Crippen LogP contribution is -2.49. The predicted octanol–water partition coefficient (Wildman–Crippen LogP) is 3.32. The van der Waals surface area contributed by atoms with Crippen molar-refractivity contribution in [2.75, 3.05) is 32.8 Å². The minimum Gasteiger partial charge on any atom is -0.492 e. The Morgan fingerprint density at radius 3 is 2.76 bits per heavy atom. The number of aryl methyl sites for hydroxylation is 1. The lowest BCUT2D eigenvalue weighted by Gasteiger charge is -2.38. The van der Waals surface area contributed by atoms with E-state index in [1.807, 2.05) is 24.3 Å². The molecule has 4 rings (SSSR count). The molecule has 10 heteroatoms. The number of halogens is 1. The summed E-state index contributed by atoms with van der Waals surface area (Å²) >= 11 is 7.67. The number of aromatic nitrogens is 3. The van der Waals surface area contributed by atoms with Gasteiger partial charge >= 0.3 is 6.09 Å². The maximum atomic E-state index is 12.0. The zero-order valence-corrected chi connectivity index (χ0v) is 17.8. The van der Waals surface area contributed by atoms with Crippen LogP contribution in [0.25, 0.3) is 4.96 Å². The maximum absolute atomic E-state index is 12.0. The predicted molar refractivity (Wildman–Crippen MR) is 111 cm³/mol. The third kappa shape index (κ3) is 3.90. The van der Waals surface area contributed by atoms with Crippen LogP contribution in [-0.2, 0) is 4.74 Å². The number of thiazole rings is 1. The first-order chi connectivity index (χ1) is 14.0. The van der Waals surface area contributed by atoms with E-state index in [2.05, 4.69) is 15.0 Å². The Bertz CT molecular complexity index is 1030. The molecule has 1 saturated heterocycles. The van der Waals surface area contributed by atoms with Gasteiger partial charge in [-0.1, -0.05) is 35.1 Å². The van der Waals surface area contributed by atoms with Crippen LogP contribution in [0.4, 0.5) is 4.79 Å². The van der Waals surface area contributed by atoms with Crippen molar-refractivity contribution in [1.29, 1.82) is 0 Å². The van der Waals surface area contributed by atoms with Gasteiger partial charge in [0.1, 0.15) is 5.82 Å². The Balaban J connectivity index is 1.67.